The average Bonchev–Trinajstić information content (AvgIpc) is 2.49. The van der Waals surface area contributed by atoms with E-state index in [4.69, 9.17) is 11.6 Å². The van der Waals surface area contributed by atoms with Crippen molar-refractivity contribution >= 4 is 5.84 Å². The SMILES string of the molecule is CCCc1cc(-c2ccccc2/C(N)=N/N)ccc1C. The van der Waals surface area contributed by atoms with Crippen LogP contribution in [0.15, 0.2) is 47.6 Å². The molecule has 20 heavy (non-hydrogen) atoms. The number of benzene rings is 2. The van der Waals surface area contributed by atoms with E-state index in [2.05, 4.69) is 37.1 Å². The van der Waals surface area contributed by atoms with Crippen molar-refractivity contribution in [2.24, 2.45) is 16.7 Å². The Hall–Kier alpha value is -2.29. The van der Waals surface area contributed by atoms with Crippen molar-refractivity contribution in [3.05, 3.63) is 59.2 Å². The molecule has 3 nitrogen and oxygen atoms in total. The minimum Gasteiger partial charge on any atom is -0.382 e. The summed E-state index contributed by atoms with van der Waals surface area (Å²) in [6.07, 6.45) is 2.22. The molecular weight excluding hydrogens is 246 g/mol. The summed E-state index contributed by atoms with van der Waals surface area (Å²) < 4.78 is 0. The summed E-state index contributed by atoms with van der Waals surface area (Å²) in [4.78, 5) is 0. The Bertz CT molecular complexity index is 630. The fraction of sp³-hybridized carbons (Fsp3) is 0.235. The lowest BCUT2D eigenvalue weighted by Gasteiger charge is -2.12. The van der Waals surface area contributed by atoms with Gasteiger partial charge < -0.3 is 11.6 Å². The second-order valence-electron chi connectivity index (χ2n) is 4.95. The number of amidine groups is 1. The summed E-state index contributed by atoms with van der Waals surface area (Å²) in [6.45, 7) is 4.34. The van der Waals surface area contributed by atoms with Crippen LogP contribution in [-0.2, 0) is 6.42 Å². The van der Waals surface area contributed by atoms with Crippen LogP contribution < -0.4 is 11.6 Å². The molecule has 0 spiro atoms. The maximum Gasteiger partial charge on any atom is 0.150 e. The zero-order valence-corrected chi connectivity index (χ0v) is 12.1. The Morgan fingerprint density at radius 2 is 1.90 bits per heavy atom. The molecule has 2 aromatic carbocycles. The fourth-order valence-electron chi connectivity index (χ4n) is 2.41. The third-order valence-corrected chi connectivity index (χ3v) is 3.52. The molecule has 4 N–H and O–H groups in total. The van der Waals surface area contributed by atoms with Crippen LogP contribution in [0.1, 0.15) is 30.0 Å². The van der Waals surface area contributed by atoms with Gasteiger partial charge in [0.1, 0.15) is 0 Å². The number of hydrogen-bond donors (Lipinski definition) is 2. The molecule has 0 fully saturated rings. The van der Waals surface area contributed by atoms with Crippen molar-refractivity contribution in [1.82, 2.24) is 0 Å². The first-order valence-electron chi connectivity index (χ1n) is 6.90. The molecule has 0 amide bonds. The van der Waals surface area contributed by atoms with E-state index in [9.17, 15) is 0 Å². The van der Waals surface area contributed by atoms with Gasteiger partial charge in [-0.2, -0.15) is 5.10 Å². The monoisotopic (exact) mass is 267 g/mol. The standard InChI is InChI=1S/C17H21N3/c1-3-6-13-11-14(10-9-12(13)2)15-7-4-5-8-16(15)17(18)20-19/h4-5,7-11H,3,6,19H2,1-2H3,(H2,18,20). The lowest BCUT2D eigenvalue weighted by molar-refractivity contribution is 0.913. The van der Waals surface area contributed by atoms with Crippen LogP contribution in [0.2, 0.25) is 0 Å². The van der Waals surface area contributed by atoms with Gasteiger partial charge in [-0.3, -0.25) is 0 Å². The van der Waals surface area contributed by atoms with Crippen LogP contribution in [-0.4, -0.2) is 5.84 Å². The second kappa shape index (κ2) is 6.24. The maximum absolute atomic E-state index is 5.88. The molecule has 0 aromatic heterocycles. The van der Waals surface area contributed by atoms with E-state index in [-0.39, 0.29) is 0 Å². The van der Waals surface area contributed by atoms with Crippen LogP contribution in [0.25, 0.3) is 11.1 Å². The third-order valence-electron chi connectivity index (χ3n) is 3.52. The van der Waals surface area contributed by atoms with E-state index in [1.807, 2.05) is 24.3 Å². The Kier molecular flexibility index (Phi) is 4.41. The highest BCUT2D eigenvalue weighted by Crippen LogP contribution is 2.26. The summed E-state index contributed by atoms with van der Waals surface area (Å²) in [5.74, 6) is 5.68. The van der Waals surface area contributed by atoms with Gasteiger partial charge in [-0.1, -0.05) is 55.8 Å². The predicted octanol–water partition coefficient (Wildman–Crippen LogP) is 3.19. The lowest BCUT2D eigenvalue weighted by atomic mass is 9.94. The first-order chi connectivity index (χ1) is 9.67. The van der Waals surface area contributed by atoms with E-state index in [0.717, 1.165) is 29.5 Å². The molecule has 0 unspecified atom stereocenters. The number of nitrogens with zero attached hydrogens (tertiary/aromatic N) is 1. The smallest absolute Gasteiger partial charge is 0.150 e. The van der Waals surface area contributed by atoms with Crippen molar-refractivity contribution in [3.8, 4) is 11.1 Å². The molecule has 0 aliphatic heterocycles. The van der Waals surface area contributed by atoms with Crippen molar-refractivity contribution in [1.29, 1.82) is 0 Å². The summed E-state index contributed by atoms with van der Waals surface area (Å²) in [5, 5.41) is 3.62. The molecule has 2 rings (SSSR count). The number of nitrogens with two attached hydrogens (primary N) is 2. The topological polar surface area (TPSA) is 64.4 Å². The highest BCUT2D eigenvalue weighted by Gasteiger charge is 2.09. The van der Waals surface area contributed by atoms with Gasteiger partial charge in [-0.15, -0.1) is 0 Å². The Morgan fingerprint density at radius 1 is 1.15 bits per heavy atom. The highest BCUT2D eigenvalue weighted by atomic mass is 15.2. The Labute approximate surface area is 120 Å². The van der Waals surface area contributed by atoms with Gasteiger partial charge in [0.25, 0.3) is 0 Å². The van der Waals surface area contributed by atoms with E-state index in [0.29, 0.717) is 5.84 Å². The van der Waals surface area contributed by atoms with Crippen LogP contribution >= 0.6 is 0 Å². The highest BCUT2D eigenvalue weighted by molar-refractivity contribution is 6.03. The zero-order chi connectivity index (χ0) is 14.5. The summed E-state index contributed by atoms with van der Waals surface area (Å²) in [6, 6.07) is 14.5. The molecule has 0 heterocycles. The quantitative estimate of drug-likeness (QED) is 0.387. The van der Waals surface area contributed by atoms with E-state index in [1.165, 1.54) is 11.1 Å². The van der Waals surface area contributed by atoms with Gasteiger partial charge in [0.15, 0.2) is 5.84 Å². The Morgan fingerprint density at radius 3 is 2.60 bits per heavy atom. The second-order valence-corrected chi connectivity index (χ2v) is 4.95. The average molecular weight is 267 g/mol. The minimum absolute atomic E-state index is 0.359. The lowest BCUT2D eigenvalue weighted by Crippen LogP contribution is -2.16. The fourth-order valence-corrected chi connectivity index (χ4v) is 2.41. The summed E-state index contributed by atoms with van der Waals surface area (Å²) in [7, 11) is 0. The number of hydrazone groups is 1. The molecule has 0 atom stereocenters. The molecule has 0 radical (unpaired) electrons. The van der Waals surface area contributed by atoms with Crippen LogP contribution in [0.4, 0.5) is 0 Å². The van der Waals surface area contributed by atoms with E-state index < -0.39 is 0 Å². The molecule has 2 aromatic rings. The molecule has 0 saturated carbocycles. The summed E-state index contributed by atoms with van der Waals surface area (Å²) >= 11 is 0. The van der Waals surface area contributed by atoms with Gasteiger partial charge in [-0.05, 0) is 35.6 Å². The molecule has 104 valence electrons. The first kappa shape index (κ1) is 14.1. The molecule has 0 aliphatic carbocycles. The van der Waals surface area contributed by atoms with Gasteiger partial charge >= 0.3 is 0 Å². The normalized spacial score (nSPS) is 11.6. The van der Waals surface area contributed by atoms with Gasteiger partial charge in [-0.25, -0.2) is 0 Å². The van der Waals surface area contributed by atoms with Crippen molar-refractivity contribution in [3.63, 3.8) is 0 Å². The van der Waals surface area contributed by atoms with Crippen LogP contribution in [0, 0.1) is 6.92 Å². The van der Waals surface area contributed by atoms with Crippen molar-refractivity contribution in [2.45, 2.75) is 26.7 Å². The van der Waals surface area contributed by atoms with Gasteiger partial charge in [0.05, 0.1) is 0 Å². The van der Waals surface area contributed by atoms with Crippen LogP contribution in [0.5, 0.6) is 0 Å². The van der Waals surface area contributed by atoms with Gasteiger partial charge in [0, 0.05) is 5.56 Å². The molecule has 3 heteroatoms. The molecular formula is C17H21N3. The van der Waals surface area contributed by atoms with Crippen molar-refractivity contribution < 1.29 is 0 Å². The largest absolute Gasteiger partial charge is 0.382 e. The predicted molar refractivity (Wildman–Crippen MR) is 85.5 cm³/mol. The van der Waals surface area contributed by atoms with Gasteiger partial charge in [0.2, 0.25) is 0 Å². The van der Waals surface area contributed by atoms with E-state index >= 15 is 0 Å². The molecule has 0 bridgehead atoms. The third kappa shape index (κ3) is 2.82. The Balaban J connectivity index is 2.54. The number of rotatable bonds is 4. The van der Waals surface area contributed by atoms with Crippen molar-refractivity contribution in [2.75, 3.05) is 0 Å². The van der Waals surface area contributed by atoms with E-state index in [1.54, 1.807) is 0 Å². The zero-order valence-electron chi connectivity index (χ0n) is 12.1. The van der Waals surface area contributed by atoms with Crippen LogP contribution in [0.3, 0.4) is 0 Å². The number of hydrogen-bond acceptors (Lipinski definition) is 2. The molecule has 0 saturated heterocycles. The maximum atomic E-state index is 5.88. The number of aryl methyl sites for hydroxylation is 2. The minimum atomic E-state index is 0.359. The summed E-state index contributed by atoms with van der Waals surface area (Å²) in [5.41, 5.74) is 11.7. The molecule has 0 aliphatic rings. The first-order valence-corrected chi connectivity index (χ1v) is 6.90.